The first-order valence-corrected chi connectivity index (χ1v) is 10.3. The van der Waals surface area contributed by atoms with Gasteiger partial charge in [-0.2, -0.15) is 0 Å². The SMILES string of the molecule is CC(NC(=O)c1ccccc1NS(=O)(=O)c1ccc(Cl)nc1)c1ccccc1. The van der Waals surface area contributed by atoms with E-state index in [0.29, 0.717) is 0 Å². The van der Waals surface area contributed by atoms with E-state index >= 15 is 0 Å². The Labute approximate surface area is 168 Å². The van der Waals surface area contributed by atoms with E-state index in [-0.39, 0.29) is 33.2 Å². The van der Waals surface area contributed by atoms with Gasteiger partial charge in [0.25, 0.3) is 15.9 Å². The van der Waals surface area contributed by atoms with E-state index in [1.165, 1.54) is 18.2 Å². The number of carbonyl (C=O) groups excluding carboxylic acids is 1. The Kier molecular flexibility index (Phi) is 5.96. The Morgan fingerprint density at radius 3 is 2.36 bits per heavy atom. The lowest BCUT2D eigenvalue weighted by Crippen LogP contribution is -2.28. The van der Waals surface area contributed by atoms with E-state index in [9.17, 15) is 13.2 Å². The number of rotatable bonds is 6. The number of halogens is 1. The molecule has 0 bridgehead atoms. The van der Waals surface area contributed by atoms with Crippen molar-refractivity contribution in [3.05, 3.63) is 89.2 Å². The molecule has 3 rings (SSSR count). The third-order valence-electron chi connectivity index (χ3n) is 4.07. The Morgan fingerprint density at radius 2 is 1.68 bits per heavy atom. The number of anilines is 1. The van der Waals surface area contributed by atoms with Crippen molar-refractivity contribution in [2.45, 2.75) is 17.9 Å². The number of nitrogens with one attached hydrogen (secondary N) is 2. The molecule has 2 N–H and O–H groups in total. The van der Waals surface area contributed by atoms with Crippen LogP contribution in [0.1, 0.15) is 28.9 Å². The van der Waals surface area contributed by atoms with E-state index in [1.807, 2.05) is 37.3 Å². The minimum absolute atomic E-state index is 0.0511. The molecule has 0 aliphatic rings. The van der Waals surface area contributed by atoms with E-state index in [2.05, 4.69) is 15.0 Å². The van der Waals surface area contributed by atoms with E-state index < -0.39 is 10.0 Å². The van der Waals surface area contributed by atoms with Crippen LogP contribution in [0.15, 0.2) is 77.8 Å². The number of pyridine rings is 1. The van der Waals surface area contributed by atoms with Gasteiger partial charge in [0.05, 0.1) is 17.3 Å². The lowest BCUT2D eigenvalue weighted by Gasteiger charge is -2.17. The molecule has 0 radical (unpaired) electrons. The van der Waals surface area contributed by atoms with Crippen molar-refractivity contribution < 1.29 is 13.2 Å². The van der Waals surface area contributed by atoms with Gasteiger partial charge in [0.15, 0.2) is 0 Å². The van der Waals surface area contributed by atoms with Crippen LogP contribution in [0, 0.1) is 0 Å². The Hall–Kier alpha value is -2.90. The summed E-state index contributed by atoms with van der Waals surface area (Å²) in [7, 11) is -3.92. The fourth-order valence-corrected chi connectivity index (χ4v) is 3.73. The van der Waals surface area contributed by atoms with Gasteiger partial charge in [-0.1, -0.05) is 54.1 Å². The van der Waals surface area contributed by atoms with Crippen molar-refractivity contribution in [3.8, 4) is 0 Å². The van der Waals surface area contributed by atoms with E-state index in [4.69, 9.17) is 11.6 Å². The van der Waals surface area contributed by atoms with Gasteiger partial charge < -0.3 is 5.32 Å². The average Bonchev–Trinajstić information content (AvgIpc) is 2.69. The number of nitrogens with zero attached hydrogens (tertiary/aromatic N) is 1. The van der Waals surface area contributed by atoms with E-state index in [0.717, 1.165) is 11.8 Å². The monoisotopic (exact) mass is 415 g/mol. The molecule has 1 atom stereocenters. The van der Waals surface area contributed by atoms with Crippen molar-refractivity contribution >= 4 is 33.2 Å². The van der Waals surface area contributed by atoms with Crippen molar-refractivity contribution in [1.29, 1.82) is 0 Å². The molecule has 1 heterocycles. The third-order valence-corrected chi connectivity index (χ3v) is 5.65. The summed E-state index contributed by atoms with van der Waals surface area (Å²) in [5, 5.41) is 3.07. The number of hydrogen-bond acceptors (Lipinski definition) is 4. The molecule has 0 fully saturated rings. The molecule has 0 aliphatic heterocycles. The number of hydrogen-bond donors (Lipinski definition) is 2. The number of carbonyl (C=O) groups is 1. The summed E-state index contributed by atoms with van der Waals surface area (Å²) in [5.74, 6) is -0.385. The van der Waals surface area contributed by atoms with Crippen LogP contribution in [0.25, 0.3) is 0 Å². The average molecular weight is 416 g/mol. The Morgan fingerprint density at radius 1 is 1.00 bits per heavy atom. The molecule has 144 valence electrons. The maximum atomic E-state index is 12.7. The van der Waals surface area contributed by atoms with Crippen molar-refractivity contribution in [1.82, 2.24) is 10.3 Å². The minimum Gasteiger partial charge on any atom is -0.345 e. The van der Waals surface area contributed by atoms with E-state index in [1.54, 1.807) is 18.2 Å². The van der Waals surface area contributed by atoms with Crippen LogP contribution in [-0.2, 0) is 10.0 Å². The summed E-state index contributed by atoms with van der Waals surface area (Å²) in [5.41, 5.74) is 1.34. The smallest absolute Gasteiger partial charge is 0.263 e. The van der Waals surface area contributed by atoms with Crippen LogP contribution in [0.3, 0.4) is 0 Å². The molecule has 8 heteroatoms. The van der Waals surface area contributed by atoms with Crippen LogP contribution in [0.2, 0.25) is 5.15 Å². The quantitative estimate of drug-likeness (QED) is 0.595. The second-order valence-electron chi connectivity index (χ2n) is 6.07. The maximum absolute atomic E-state index is 12.7. The number of para-hydroxylation sites is 1. The number of sulfonamides is 1. The molecule has 6 nitrogen and oxygen atoms in total. The van der Waals surface area contributed by atoms with Crippen LogP contribution in [0.4, 0.5) is 5.69 Å². The highest BCUT2D eigenvalue weighted by molar-refractivity contribution is 7.92. The van der Waals surface area contributed by atoms with Gasteiger partial charge in [-0.05, 0) is 36.8 Å². The van der Waals surface area contributed by atoms with Crippen LogP contribution in [-0.4, -0.2) is 19.3 Å². The van der Waals surface area contributed by atoms with Crippen LogP contribution < -0.4 is 10.0 Å². The summed E-state index contributed by atoms with van der Waals surface area (Å²) in [6, 6.07) is 18.4. The second kappa shape index (κ2) is 8.41. The van der Waals surface area contributed by atoms with Gasteiger partial charge in [-0.25, -0.2) is 13.4 Å². The molecule has 0 saturated carbocycles. The molecule has 2 aromatic carbocycles. The highest BCUT2D eigenvalue weighted by Gasteiger charge is 2.20. The zero-order valence-corrected chi connectivity index (χ0v) is 16.5. The first-order chi connectivity index (χ1) is 13.4. The zero-order chi connectivity index (χ0) is 20.1. The van der Waals surface area contributed by atoms with Gasteiger partial charge >= 0.3 is 0 Å². The van der Waals surface area contributed by atoms with Crippen LogP contribution >= 0.6 is 11.6 Å². The standard InChI is InChI=1S/C20H18ClN3O3S/c1-14(15-7-3-2-4-8-15)23-20(25)17-9-5-6-10-18(17)24-28(26,27)16-11-12-19(21)22-13-16/h2-14,24H,1H3,(H,23,25). The zero-order valence-electron chi connectivity index (χ0n) is 15.0. The first kappa shape index (κ1) is 19.9. The molecule has 3 aromatic rings. The van der Waals surface area contributed by atoms with Gasteiger partial charge in [0.2, 0.25) is 0 Å². The summed E-state index contributed by atoms with van der Waals surface area (Å²) < 4.78 is 27.7. The molecular weight excluding hydrogens is 398 g/mol. The lowest BCUT2D eigenvalue weighted by atomic mass is 10.1. The van der Waals surface area contributed by atoms with Crippen molar-refractivity contribution in [3.63, 3.8) is 0 Å². The Balaban J connectivity index is 1.83. The van der Waals surface area contributed by atoms with Gasteiger partial charge in [0.1, 0.15) is 10.0 Å². The summed E-state index contributed by atoms with van der Waals surface area (Å²) >= 11 is 5.71. The summed E-state index contributed by atoms with van der Waals surface area (Å²) in [4.78, 5) is 16.5. The summed E-state index contributed by atoms with van der Waals surface area (Å²) in [6.45, 7) is 1.86. The Bertz CT molecular complexity index is 1070. The molecule has 1 unspecified atom stereocenters. The minimum atomic E-state index is -3.92. The largest absolute Gasteiger partial charge is 0.345 e. The molecular formula is C20H18ClN3O3S. The number of aromatic nitrogens is 1. The molecule has 0 saturated heterocycles. The number of amides is 1. The maximum Gasteiger partial charge on any atom is 0.263 e. The third kappa shape index (κ3) is 4.68. The van der Waals surface area contributed by atoms with Gasteiger partial charge in [0, 0.05) is 6.20 Å². The summed E-state index contributed by atoms with van der Waals surface area (Å²) in [6.07, 6.45) is 1.16. The topological polar surface area (TPSA) is 88.2 Å². The normalized spacial score (nSPS) is 12.2. The lowest BCUT2D eigenvalue weighted by molar-refractivity contribution is 0.0941. The molecule has 1 aromatic heterocycles. The highest BCUT2D eigenvalue weighted by Crippen LogP contribution is 2.21. The van der Waals surface area contributed by atoms with Crippen molar-refractivity contribution in [2.75, 3.05) is 4.72 Å². The predicted octanol–water partition coefficient (Wildman–Crippen LogP) is 4.03. The molecule has 28 heavy (non-hydrogen) atoms. The molecule has 0 aliphatic carbocycles. The first-order valence-electron chi connectivity index (χ1n) is 8.46. The molecule has 1 amide bonds. The fraction of sp³-hybridized carbons (Fsp3) is 0.100. The van der Waals surface area contributed by atoms with Gasteiger partial charge in [-0.3, -0.25) is 9.52 Å². The van der Waals surface area contributed by atoms with Crippen LogP contribution in [0.5, 0.6) is 0 Å². The highest BCUT2D eigenvalue weighted by atomic mass is 35.5. The van der Waals surface area contributed by atoms with Crippen molar-refractivity contribution in [2.24, 2.45) is 0 Å². The molecule has 0 spiro atoms. The predicted molar refractivity (Wildman–Crippen MR) is 109 cm³/mol. The number of benzene rings is 2. The fourth-order valence-electron chi connectivity index (χ4n) is 2.59. The second-order valence-corrected chi connectivity index (χ2v) is 8.14. The van der Waals surface area contributed by atoms with Gasteiger partial charge in [-0.15, -0.1) is 0 Å².